The molecule has 0 aromatic carbocycles. The van der Waals surface area contributed by atoms with Crippen LogP contribution >= 0.6 is 0 Å². The minimum absolute atomic E-state index is 0.153. The fourth-order valence-corrected chi connectivity index (χ4v) is 1.68. The number of aryl methyl sites for hydroxylation is 1. The van der Waals surface area contributed by atoms with Gasteiger partial charge < -0.3 is 5.73 Å². The lowest BCUT2D eigenvalue weighted by atomic mass is 10.1. The molecule has 1 heterocycles. The van der Waals surface area contributed by atoms with Crippen molar-refractivity contribution in [1.82, 2.24) is 4.98 Å². The second-order valence-electron chi connectivity index (χ2n) is 3.41. The Bertz CT molecular complexity index is 360. The number of aromatic nitrogens is 1. The van der Waals surface area contributed by atoms with Crippen LogP contribution in [0.5, 0.6) is 0 Å². The molecule has 2 nitrogen and oxygen atoms in total. The highest BCUT2D eigenvalue weighted by Gasteiger charge is 2.34. The molecule has 0 fully saturated rings. The lowest BCUT2D eigenvalue weighted by Crippen LogP contribution is -2.10. The number of hydrogen-bond donors (Lipinski definition) is 1. The van der Waals surface area contributed by atoms with Crippen molar-refractivity contribution in [2.45, 2.75) is 25.1 Å². The molecule has 1 aromatic rings. The average molecular weight is 202 g/mol. The summed E-state index contributed by atoms with van der Waals surface area (Å²) in [6.45, 7) is 0. The molecule has 14 heavy (non-hydrogen) atoms. The molecule has 0 saturated heterocycles. The van der Waals surface area contributed by atoms with Crippen LogP contribution in [-0.2, 0) is 12.6 Å². The molecule has 1 atom stereocenters. The van der Waals surface area contributed by atoms with Crippen LogP contribution < -0.4 is 5.73 Å². The minimum Gasteiger partial charge on any atom is -0.324 e. The fraction of sp³-hybridized carbons (Fsp3) is 0.444. The number of rotatable bonds is 0. The van der Waals surface area contributed by atoms with Crippen molar-refractivity contribution in [3.8, 4) is 0 Å². The van der Waals surface area contributed by atoms with Crippen molar-refractivity contribution < 1.29 is 13.2 Å². The molecule has 1 aromatic heterocycles. The Morgan fingerprint density at radius 2 is 2.14 bits per heavy atom. The van der Waals surface area contributed by atoms with Crippen LogP contribution in [0.15, 0.2) is 12.3 Å². The first-order valence-electron chi connectivity index (χ1n) is 4.30. The Kier molecular flexibility index (Phi) is 1.99. The van der Waals surface area contributed by atoms with Crippen molar-refractivity contribution in [3.63, 3.8) is 0 Å². The molecule has 0 radical (unpaired) electrons. The van der Waals surface area contributed by atoms with Gasteiger partial charge in [0.2, 0.25) is 0 Å². The van der Waals surface area contributed by atoms with E-state index in [1.54, 1.807) is 0 Å². The number of halogens is 3. The van der Waals surface area contributed by atoms with E-state index in [4.69, 9.17) is 5.73 Å². The molecule has 0 amide bonds. The summed E-state index contributed by atoms with van der Waals surface area (Å²) in [6, 6.07) is 0.946. The minimum atomic E-state index is -4.36. The van der Waals surface area contributed by atoms with Gasteiger partial charge >= 0.3 is 6.18 Å². The molecule has 1 unspecified atom stereocenters. The number of nitrogens with zero attached hydrogens (tertiary/aromatic N) is 1. The van der Waals surface area contributed by atoms with Gasteiger partial charge in [-0.05, 0) is 30.0 Å². The molecule has 0 aliphatic heterocycles. The Morgan fingerprint density at radius 3 is 2.79 bits per heavy atom. The first-order chi connectivity index (χ1) is 6.48. The SMILES string of the molecule is NC1CCc2cc(C(F)(F)F)ncc21. The van der Waals surface area contributed by atoms with Crippen LogP contribution in [0.2, 0.25) is 0 Å². The third-order valence-electron chi connectivity index (χ3n) is 2.44. The van der Waals surface area contributed by atoms with Gasteiger partial charge in [-0.2, -0.15) is 13.2 Å². The van der Waals surface area contributed by atoms with Crippen LogP contribution in [0.3, 0.4) is 0 Å². The van der Waals surface area contributed by atoms with Gasteiger partial charge in [0, 0.05) is 12.2 Å². The monoisotopic (exact) mass is 202 g/mol. The van der Waals surface area contributed by atoms with E-state index in [-0.39, 0.29) is 6.04 Å². The highest BCUT2D eigenvalue weighted by molar-refractivity contribution is 5.34. The third-order valence-corrected chi connectivity index (χ3v) is 2.44. The van der Waals surface area contributed by atoms with Gasteiger partial charge in [-0.3, -0.25) is 4.98 Å². The van der Waals surface area contributed by atoms with Gasteiger partial charge in [-0.25, -0.2) is 0 Å². The first kappa shape index (κ1) is 9.45. The second kappa shape index (κ2) is 2.95. The van der Waals surface area contributed by atoms with Crippen LogP contribution in [0.25, 0.3) is 0 Å². The standard InChI is InChI=1S/C9H9F3N2/c10-9(11,12)8-3-5-1-2-7(13)6(5)4-14-8/h3-4,7H,1-2,13H2. The van der Waals surface area contributed by atoms with Crippen LogP contribution in [0.4, 0.5) is 13.2 Å². The van der Waals surface area contributed by atoms with Crippen molar-refractivity contribution in [3.05, 3.63) is 29.1 Å². The van der Waals surface area contributed by atoms with E-state index >= 15 is 0 Å². The lowest BCUT2D eigenvalue weighted by molar-refractivity contribution is -0.141. The summed E-state index contributed by atoms with van der Waals surface area (Å²) in [4.78, 5) is 3.37. The quantitative estimate of drug-likeness (QED) is 0.699. The maximum Gasteiger partial charge on any atom is 0.433 e. The topological polar surface area (TPSA) is 38.9 Å². The van der Waals surface area contributed by atoms with Crippen molar-refractivity contribution >= 4 is 0 Å². The molecule has 1 aliphatic rings. The predicted octanol–water partition coefficient (Wildman–Crippen LogP) is 2.05. The molecule has 0 saturated carbocycles. The predicted molar refractivity (Wildman–Crippen MR) is 44.5 cm³/mol. The van der Waals surface area contributed by atoms with Crippen molar-refractivity contribution in [1.29, 1.82) is 0 Å². The van der Waals surface area contributed by atoms with Crippen molar-refractivity contribution in [2.75, 3.05) is 0 Å². The molecule has 0 bridgehead atoms. The summed E-state index contributed by atoms with van der Waals surface area (Å²) in [5.74, 6) is 0. The molecule has 2 N–H and O–H groups in total. The van der Waals surface area contributed by atoms with Gasteiger partial charge in [-0.1, -0.05) is 0 Å². The summed E-state index contributed by atoms with van der Waals surface area (Å²) >= 11 is 0. The molecule has 2 rings (SSSR count). The van der Waals surface area contributed by atoms with Crippen LogP contribution in [0.1, 0.15) is 29.3 Å². The van der Waals surface area contributed by atoms with E-state index in [1.165, 1.54) is 6.20 Å². The smallest absolute Gasteiger partial charge is 0.324 e. The molecular formula is C9H9F3N2. The van der Waals surface area contributed by atoms with Gasteiger partial charge in [0.25, 0.3) is 0 Å². The molecule has 5 heteroatoms. The normalized spacial score (nSPS) is 21.0. The number of hydrogen-bond acceptors (Lipinski definition) is 2. The maximum absolute atomic E-state index is 12.3. The molecule has 1 aliphatic carbocycles. The van der Waals surface area contributed by atoms with Gasteiger partial charge in [0.1, 0.15) is 5.69 Å². The van der Waals surface area contributed by atoms with E-state index in [9.17, 15) is 13.2 Å². The second-order valence-corrected chi connectivity index (χ2v) is 3.41. The zero-order valence-corrected chi connectivity index (χ0v) is 7.30. The van der Waals surface area contributed by atoms with E-state index in [0.29, 0.717) is 18.4 Å². The van der Waals surface area contributed by atoms with E-state index in [2.05, 4.69) is 4.98 Å². The average Bonchev–Trinajstić information content (AvgIpc) is 2.46. The zero-order valence-electron chi connectivity index (χ0n) is 7.30. The largest absolute Gasteiger partial charge is 0.433 e. The Balaban J connectivity index is 2.42. The van der Waals surface area contributed by atoms with Crippen molar-refractivity contribution in [2.24, 2.45) is 5.73 Å². The molecule has 76 valence electrons. The lowest BCUT2D eigenvalue weighted by Gasteiger charge is -2.08. The highest BCUT2D eigenvalue weighted by Crippen LogP contribution is 2.33. The summed E-state index contributed by atoms with van der Waals surface area (Å²) in [7, 11) is 0. The van der Waals surface area contributed by atoms with Crippen LogP contribution in [0, 0.1) is 0 Å². The van der Waals surface area contributed by atoms with E-state index < -0.39 is 11.9 Å². The molecule has 0 spiro atoms. The maximum atomic E-state index is 12.3. The van der Waals surface area contributed by atoms with Crippen LogP contribution in [-0.4, -0.2) is 4.98 Å². The number of fused-ring (bicyclic) bond motifs is 1. The summed E-state index contributed by atoms with van der Waals surface area (Å²) in [5.41, 5.74) is 6.28. The van der Waals surface area contributed by atoms with E-state index in [0.717, 1.165) is 11.6 Å². The number of nitrogens with two attached hydrogens (primary N) is 1. The van der Waals surface area contributed by atoms with Gasteiger partial charge in [0.05, 0.1) is 0 Å². The Labute approximate surface area is 78.9 Å². The summed E-state index contributed by atoms with van der Waals surface area (Å²) in [5, 5.41) is 0. The van der Waals surface area contributed by atoms with Gasteiger partial charge in [-0.15, -0.1) is 0 Å². The summed E-state index contributed by atoms with van der Waals surface area (Å²) in [6.07, 6.45) is -1.79. The third kappa shape index (κ3) is 1.48. The summed E-state index contributed by atoms with van der Waals surface area (Å²) < 4.78 is 36.8. The first-order valence-corrected chi connectivity index (χ1v) is 4.30. The zero-order chi connectivity index (χ0) is 10.3. The highest BCUT2D eigenvalue weighted by atomic mass is 19.4. The fourth-order valence-electron chi connectivity index (χ4n) is 1.68. The Hall–Kier alpha value is -1.10. The number of pyridine rings is 1. The Morgan fingerprint density at radius 1 is 1.43 bits per heavy atom. The van der Waals surface area contributed by atoms with Gasteiger partial charge in [0.15, 0.2) is 0 Å². The van der Waals surface area contributed by atoms with E-state index in [1.807, 2.05) is 0 Å². The molecular weight excluding hydrogens is 193 g/mol. The number of alkyl halides is 3.